The van der Waals surface area contributed by atoms with Crippen molar-refractivity contribution in [3.63, 3.8) is 0 Å². The fraction of sp³-hybridized carbons (Fsp3) is 0.222. The molecule has 7 heteroatoms. The minimum absolute atomic E-state index is 0.505. The number of carboxylic acid groups (broad SMARTS) is 1. The van der Waals surface area contributed by atoms with Crippen LogP contribution in [0.15, 0.2) is 18.2 Å². The van der Waals surface area contributed by atoms with Gasteiger partial charge in [0.1, 0.15) is 5.82 Å². The average molecular weight is 238 g/mol. The summed E-state index contributed by atoms with van der Waals surface area (Å²) in [6.07, 6.45) is -7.47. The molecule has 0 heterocycles. The third kappa shape index (κ3) is 2.30. The van der Waals surface area contributed by atoms with E-state index in [1.165, 1.54) is 0 Å². The van der Waals surface area contributed by atoms with Crippen LogP contribution in [0.1, 0.15) is 17.2 Å². The molecule has 88 valence electrons. The fourth-order valence-electron chi connectivity index (χ4n) is 1.19. The minimum Gasteiger partial charge on any atom is -0.479 e. The molecule has 1 atom stereocenters. The molecular formula is C9H6F4O3. The predicted octanol–water partition coefficient (Wildman–Crippen LogP) is 1.96. The molecule has 0 aromatic heterocycles. The molecule has 2 N–H and O–H groups in total. The third-order valence-corrected chi connectivity index (χ3v) is 1.87. The summed E-state index contributed by atoms with van der Waals surface area (Å²) in [6, 6.07) is 1.94. The van der Waals surface area contributed by atoms with Gasteiger partial charge in [0.25, 0.3) is 0 Å². The molecule has 0 unspecified atom stereocenters. The number of halogens is 4. The summed E-state index contributed by atoms with van der Waals surface area (Å²) in [5, 5.41) is 17.3. The summed E-state index contributed by atoms with van der Waals surface area (Å²) in [6.45, 7) is 0. The van der Waals surface area contributed by atoms with E-state index in [1.54, 1.807) is 0 Å². The lowest BCUT2D eigenvalue weighted by Crippen LogP contribution is -2.19. The van der Waals surface area contributed by atoms with Crippen molar-refractivity contribution < 1.29 is 32.6 Å². The largest absolute Gasteiger partial charge is 0.479 e. The van der Waals surface area contributed by atoms with Gasteiger partial charge in [0.05, 0.1) is 5.56 Å². The van der Waals surface area contributed by atoms with E-state index in [4.69, 9.17) is 10.2 Å². The van der Waals surface area contributed by atoms with E-state index in [1.807, 2.05) is 0 Å². The van der Waals surface area contributed by atoms with Crippen LogP contribution in [-0.4, -0.2) is 16.2 Å². The van der Waals surface area contributed by atoms with Crippen molar-refractivity contribution in [1.29, 1.82) is 0 Å². The standard InChI is InChI=1S/C9H6F4O3/c10-5-3-1-2-4(9(11,12)13)6(5)7(14)8(15)16/h1-3,7,14H,(H,15,16)/t7-/m1/s1. The molecular weight excluding hydrogens is 232 g/mol. The lowest BCUT2D eigenvalue weighted by atomic mass is 10.0. The first kappa shape index (κ1) is 12.4. The van der Waals surface area contributed by atoms with Crippen molar-refractivity contribution in [3.8, 4) is 0 Å². The topological polar surface area (TPSA) is 57.5 Å². The van der Waals surface area contributed by atoms with Gasteiger partial charge in [-0.3, -0.25) is 0 Å². The number of aliphatic hydroxyl groups is 1. The van der Waals surface area contributed by atoms with Crippen molar-refractivity contribution in [1.82, 2.24) is 0 Å². The first-order valence-electron chi connectivity index (χ1n) is 4.01. The normalized spacial score (nSPS) is 13.6. The maximum atomic E-state index is 13.1. The van der Waals surface area contributed by atoms with Gasteiger partial charge < -0.3 is 10.2 Å². The van der Waals surface area contributed by atoms with E-state index in [-0.39, 0.29) is 0 Å². The quantitative estimate of drug-likeness (QED) is 0.774. The molecule has 0 aliphatic carbocycles. The Morgan fingerprint density at radius 1 is 1.31 bits per heavy atom. The predicted molar refractivity (Wildman–Crippen MR) is 44.0 cm³/mol. The SMILES string of the molecule is O=C(O)[C@H](O)c1c(F)cccc1C(F)(F)F. The van der Waals surface area contributed by atoms with Crippen LogP contribution < -0.4 is 0 Å². The highest BCUT2D eigenvalue weighted by Crippen LogP contribution is 2.35. The molecule has 0 aliphatic rings. The van der Waals surface area contributed by atoms with Crippen LogP contribution in [-0.2, 0) is 11.0 Å². The Bertz CT molecular complexity index is 414. The molecule has 1 aromatic rings. The van der Waals surface area contributed by atoms with Gasteiger partial charge in [0.2, 0.25) is 0 Å². The molecule has 0 bridgehead atoms. The molecule has 0 aliphatic heterocycles. The van der Waals surface area contributed by atoms with Crippen LogP contribution in [0.2, 0.25) is 0 Å². The minimum atomic E-state index is -4.92. The molecule has 0 spiro atoms. The van der Waals surface area contributed by atoms with E-state index in [0.717, 1.165) is 6.07 Å². The first-order chi connectivity index (χ1) is 7.25. The Labute approximate surface area is 86.9 Å². The maximum absolute atomic E-state index is 13.1. The van der Waals surface area contributed by atoms with Gasteiger partial charge in [0, 0.05) is 5.56 Å². The molecule has 16 heavy (non-hydrogen) atoms. The number of rotatable bonds is 2. The molecule has 1 rings (SSSR count). The molecule has 0 saturated carbocycles. The van der Waals surface area contributed by atoms with Crippen LogP contribution in [0.5, 0.6) is 0 Å². The van der Waals surface area contributed by atoms with Crippen molar-refractivity contribution in [3.05, 3.63) is 35.1 Å². The Morgan fingerprint density at radius 3 is 2.31 bits per heavy atom. The second kappa shape index (κ2) is 4.09. The Balaban J connectivity index is 3.41. The highest BCUT2D eigenvalue weighted by atomic mass is 19.4. The average Bonchev–Trinajstić information content (AvgIpc) is 2.14. The molecule has 1 aromatic carbocycles. The van der Waals surface area contributed by atoms with Crippen molar-refractivity contribution >= 4 is 5.97 Å². The van der Waals surface area contributed by atoms with Crippen molar-refractivity contribution in [2.24, 2.45) is 0 Å². The molecule has 0 fully saturated rings. The second-order valence-corrected chi connectivity index (χ2v) is 2.94. The lowest BCUT2D eigenvalue weighted by molar-refractivity contribution is -0.149. The van der Waals surface area contributed by atoms with Crippen molar-refractivity contribution in [2.75, 3.05) is 0 Å². The highest BCUT2D eigenvalue weighted by molar-refractivity contribution is 5.74. The van der Waals surface area contributed by atoms with E-state index >= 15 is 0 Å². The monoisotopic (exact) mass is 238 g/mol. The third-order valence-electron chi connectivity index (χ3n) is 1.87. The number of carboxylic acids is 1. The zero-order valence-electron chi connectivity index (χ0n) is 7.62. The number of carbonyl (C=O) groups is 1. The fourth-order valence-corrected chi connectivity index (χ4v) is 1.19. The first-order valence-corrected chi connectivity index (χ1v) is 4.01. The van der Waals surface area contributed by atoms with Gasteiger partial charge in [-0.05, 0) is 12.1 Å². The van der Waals surface area contributed by atoms with E-state index < -0.39 is 35.2 Å². The van der Waals surface area contributed by atoms with Gasteiger partial charge in [-0.2, -0.15) is 13.2 Å². The van der Waals surface area contributed by atoms with Crippen LogP contribution in [0, 0.1) is 5.82 Å². The smallest absolute Gasteiger partial charge is 0.416 e. The number of benzene rings is 1. The van der Waals surface area contributed by atoms with E-state index in [9.17, 15) is 22.4 Å². The summed E-state index contributed by atoms with van der Waals surface area (Å²) in [5.74, 6) is -3.36. The molecule has 3 nitrogen and oxygen atoms in total. The summed E-state index contributed by atoms with van der Waals surface area (Å²) in [4.78, 5) is 10.3. The van der Waals surface area contributed by atoms with Gasteiger partial charge in [-0.25, -0.2) is 9.18 Å². The van der Waals surface area contributed by atoms with Gasteiger partial charge in [-0.15, -0.1) is 0 Å². The maximum Gasteiger partial charge on any atom is 0.416 e. The highest BCUT2D eigenvalue weighted by Gasteiger charge is 2.38. The van der Waals surface area contributed by atoms with Crippen LogP contribution in [0.3, 0.4) is 0 Å². The van der Waals surface area contributed by atoms with E-state index in [2.05, 4.69) is 0 Å². The number of hydrogen-bond donors (Lipinski definition) is 2. The van der Waals surface area contributed by atoms with E-state index in [0.29, 0.717) is 12.1 Å². The number of aliphatic carboxylic acids is 1. The Kier molecular flexibility index (Phi) is 3.18. The van der Waals surface area contributed by atoms with Gasteiger partial charge in [0.15, 0.2) is 6.10 Å². The number of alkyl halides is 3. The second-order valence-electron chi connectivity index (χ2n) is 2.94. The van der Waals surface area contributed by atoms with Crippen LogP contribution >= 0.6 is 0 Å². The Hall–Kier alpha value is -1.63. The molecule has 0 saturated heterocycles. The summed E-state index contributed by atoms with van der Waals surface area (Å²) in [7, 11) is 0. The molecule has 0 radical (unpaired) electrons. The van der Waals surface area contributed by atoms with Crippen LogP contribution in [0.25, 0.3) is 0 Å². The summed E-state index contributed by atoms with van der Waals surface area (Å²) >= 11 is 0. The van der Waals surface area contributed by atoms with Crippen molar-refractivity contribution in [2.45, 2.75) is 12.3 Å². The summed E-state index contributed by atoms with van der Waals surface area (Å²) < 4.78 is 50.2. The molecule has 0 amide bonds. The van der Waals surface area contributed by atoms with Crippen LogP contribution in [0.4, 0.5) is 17.6 Å². The Morgan fingerprint density at radius 2 is 1.88 bits per heavy atom. The lowest BCUT2D eigenvalue weighted by Gasteiger charge is -2.15. The van der Waals surface area contributed by atoms with Gasteiger partial charge in [-0.1, -0.05) is 6.07 Å². The van der Waals surface area contributed by atoms with Gasteiger partial charge >= 0.3 is 12.1 Å². The zero-order valence-corrected chi connectivity index (χ0v) is 7.62. The number of hydrogen-bond acceptors (Lipinski definition) is 2. The zero-order chi connectivity index (χ0) is 12.5. The summed E-state index contributed by atoms with van der Waals surface area (Å²) in [5.41, 5.74) is -2.77. The number of aliphatic hydroxyl groups excluding tert-OH is 1.